The number of benzene rings is 3. The molecule has 12 nitrogen and oxygen atoms in total. The number of fused-ring (bicyclic) bond motifs is 3. The fourth-order valence-electron chi connectivity index (χ4n) is 7.69. The number of hydrogen-bond acceptors (Lipinski definition) is 8. The Kier molecular flexibility index (Phi) is 15.1. The van der Waals surface area contributed by atoms with Crippen molar-refractivity contribution in [1.82, 2.24) is 16.0 Å². The molecule has 4 N–H and O–H groups in total. The van der Waals surface area contributed by atoms with Gasteiger partial charge in [-0.3, -0.25) is 9.59 Å². The van der Waals surface area contributed by atoms with E-state index in [1.807, 2.05) is 48.5 Å². The Morgan fingerprint density at radius 2 is 1.45 bits per heavy atom. The van der Waals surface area contributed by atoms with Crippen molar-refractivity contribution in [2.45, 2.75) is 109 Å². The van der Waals surface area contributed by atoms with Crippen LogP contribution in [-0.4, -0.2) is 54.8 Å². The highest BCUT2D eigenvalue weighted by atomic mass is 16.6. The van der Waals surface area contributed by atoms with Crippen LogP contribution < -0.4 is 21.3 Å². The quantitative estimate of drug-likeness (QED) is 0.0873. The molecule has 0 aromatic heterocycles. The molecular weight excluding hydrogens is 733 g/mol. The summed E-state index contributed by atoms with van der Waals surface area (Å²) in [6.07, 6.45) is 5.46. The molecule has 304 valence electrons. The monoisotopic (exact) mass is 786 g/mol. The first-order valence-electron chi connectivity index (χ1n) is 20.2. The summed E-state index contributed by atoms with van der Waals surface area (Å²) in [5, 5.41) is 30.2. The van der Waals surface area contributed by atoms with Crippen LogP contribution in [0.15, 0.2) is 78.4 Å². The number of nitriles is 2. The SMILES string of the molecule is CC(=C(C#N)C#N)c1cccc(NC(=O)C(CCCCNC(=O)OC(C)(C)C)NC(=O)C(CC2CCCCC2)NC(=O)OCC2c3ccccc3-c3ccccc32)c1. The molecule has 0 saturated heterocycles. The molecule has 5 rings (SSSR count). The number of anilines is 1. The summed E-state index contributed by atoms with van der Waals surface area (Å²) in [5.74, 6) is -0.905. The normalized spacial score (nSPS) is 14.6. The number of allylic oxidation sites excluding steroid dienone is 2. The first-order valence-corrected chi connectivity index (χ1v) is 20.2. The van der Waals surface area contributed by atoms with Crippen LogP contribution in [0.1, 0.15) is 108 Å². The minimum absolute atomic E-state index is 0.0403. The number of amides is 4. The summed E-state index contributed by atoms with van der Waals surface area (Å²) >= 11 is 0. The molecule has 4 amide bonds. The number of carbonyl (C=O) groups excluding carboxylic acids is 4. The average molecular weight is 787 g/mol. The average Bonchev–Trinajstić information content (AvgIpc) is 3.52. The van der Waals surface area contributed by atoms with E-state index >= 15 is 0 Å². The lowest BCUT2D eigenvalue weighted by Gasteiger charge is -2.28. The maximum absolute atomic E-state index is 14.2. The van der Waals surface area contributed by atoms with Crippen LogP contribution in [-0.2, 0) is 19.1 Å². The molecule has 0 heterocycles. The molecule has 2 unspecified atom stereocenters. The van der Waals surface area contributed by atoms with E-state index in [0.29, 0.717) is 42.6 Å². The van der Waals surface area contributed by atoms with E-state index < -0.39 is 41.7 Å². The number of ether oxygens (including phenoxy) is 2. The summed E-state index contributed by atoms with van der Waals surface area (Å²) in [5.41, 5.74) is 5.16. The van der Waals surface area contributed by atoms with Gasteiger partial charge in [-0.15, -0.1) is 0 Å². The molecule has 1 saturated carbocycles. The number of nitrogens with zero attached hydrogens (tertiary/aromatic N) is 2. The third kappa shape index (κ3) is 11.9. The van der Waals surface area contributed by atoms with E-state index in [2.05, 4.69) is 33.4 Å². The first kappa shape index (κ1) is 43.0. The van der Waals surface area contributed by atoms with Crippen LogP contribution in [0.25, 0.3) is 16.7 Å². The number of rotatable bonds is 15. The second-order valence-corrected chi connectivity index (χ2v) is 16.0. The van der Waals surface area contributed by atoms with E-state index in [0.717, 1.165) is 54.4 Å². The summed E-state index contributed by atoms with van der Waals surface area (Å²) in [6, 6.07) is 24.8. The highest BCUT2D eigenvalue weighted by Gasteiger charge is 2.32. The van der Waals surface area contributed by atoms with Gasteiger partial charge < -0.3 is 30.7 Å². The zero-order valence-electron chi connectivity index (χ0n) is 33.9. The topological polar surface area (TPSA) is 182 Å². The van der Waals surface area contributed by atoms with Crippen molar-refractivity contribution in [3.63, 3.8) is 0 Å². The zero-order chi connectivity index (χ0) is 41.7. The van der Waals surface area contributed by atoms with E-state index in [9.17, 15) is 29.7 Å². The maximum atomic E-state index is 14.2. The predicted molar refractivity (Wildman–Crippen MR) is 222 cm³/mol. The smallest absolute Gasteiger partial charge is 0.407 e. The van der Waals surface area contributed by atoms with Gasteiger partial charge in [0.1, 0.15) is 42.0 Å². The van der Waals surface area contributed by atoms with Crippen molar-refractivity contribution in [2.75, 3.05) is 18.5 Å². The van der Waals surface area contributed by atoms with Crippen LogP contribution >= 0.6 is 0 Å². The minimum atomic E-state index is -0.999. The van der Waals surface area contributed by atoms with Gasteiger partial charge in [0.2, 0.25) is 11.8 Å². The summed E-state index contributed by atoms with van der Waals surface area (Å²) < 4.78 is 11.2. The molecule has 3 aromatic rings. The van der Waals surface area contributed by atoms with Crippen molar-refractivity contribution in [3.8, 4) is 23.3 Å². The van der Waals surface area contributed by atoms with E-state index in [1.54, 1.807) is 52.0 Å². The molecule has 12 heteroatoms. The van der Waals surface area contributed by atoms with Crippen molar-refractivity contribution < 1.29 is 28.7 Å². The number of nitrogens with one attached hydrogen (secondary N) is 4. The molecule has 0 bridgehead atoms. The molecule has 3 aromatic carbocycles. The Labute approximate surface area is 341 Å². The molecule has 0 radical (unpaired) electrons. The van der Waals surface area contributed by atoms with Crippen LogP contribution in [0.2, 0.25) is 0 Å². The minimum Gasteiger partial charge on any atom is -0.449 e. The van der Waals surface area contributed by atoms with Gasteiger partial charge in [0, 0.05) is 18.2 Å². The molecule has 1 fully saturated rings. The Morgan fingerprint density at radius 1 is 0.793 bits per heavy atom. The number of hydrogen-bond donors (Lipinski definition) is 4. The Bertz CT molecular complexity index is 2010. The van der Waals surface area contributed by atoms with Crippen molar-refractivity contribution in [2.24, 2.45) is 5.92 Å². The van der Waals surface area contributed by atoms with Gasteiger partial charge in [0.05, 0.1) is 0 Å². The summed E-state index contributed by atoms with van der Waals surface area (Å²) in [7, 11) is 0. The number of carbonyl (C=O) groups is 4. The lowest BCUT2D eigenvalue weighted by molar-refractivity contribution is -0.128. The van der Waals surface area contributed by atoms with Crippen molar-refractivity contribution >= 4 is 35.3 Å². The molecule has 58 heavy (non-hydrogen) atoms. The Balaban J connectivity index is 1.30. The zero-order valence-corrected chi connectivity index (χ0v) is 33.9. The van der Waals surface area contributed by atoms with Crippen LogP contribution in [0.4, 0.5) is 15.3 Å². The lowest BCUT2D eigenvalue weighted by atomic mass is 9.84. The lowest BCUT2D eigenvalue weighted by Crippen LogP contribution is -2.53. The first-order chi connectivity index (χ1) is 27.9. The third-order valence-electron chi connectivity index (χ3n) is 10.6. The van der Waals surface area contributed by atoms with Gasteiger partial charge in [-0.2, -0.15) is 10.5 Å². The van der Waals surface area contributed by atoms with Crippen molar-refractivity contribution in [1.29, 1.82) is 10.5 Å². The highest BCUT2D eigenvalue weighted by Crippen LogP contribution is 2.44. The molecule has 0 spiro atoms. The van der Waals surface area contributed by atoms with E-state index in [1.165, 1.54) is 0 Å². The van der Waals surface area contributed by atoms with E-state index in [-0.39, 0.29) is 30.4 Å². The van der Waals surface area contributed by atoms with Gasteiger partial charge in [-0.05, 0) is 105 Å². The van der Waals surface area contributed by atoms with Crippen LogP contribution in [0, 0.1) is 28.6 Å². The Hall–Kier alpha value is -6.14. The molecule has 2 aliphatic carbocycles. The maximum Gasteiger partial charge on any atom is 0.407 e. The fourth-order valence-corrected chi connectivity index (χ4v) is 7.69. The molecule has 2 atom stereocenters. The Morgan fingerprint density at radius 3 is 2.09 bits per heavy atom. The standard InChI is InChI=1S/C46H54N6O6/c1-30(33(27-47)28-48)32-17-14-18-34(26-32)50-42(53)40(23-12-13-24-49-44(55)58-46(2,3)4)51-43(54)41(25-31-15-6-5-7-16-31)52-45(56)57-29-39-37-21-10-8-19-35(37)36-20-9-11-22-38(36)39/h8-11,14,17-22,26,31,39-41H,5-7,12-13,15-16,23-25,29H2,1-4H3,(H,49,55)(H,50,53)(H,51,54)(H,52,56). The van der Waals surface area contributed by atoms with Gasteiger partial charge in [0.25, 0.3) is 0 Å². The van der Waals surface area contributed by atoms with Gasteiger partial charge >= 0.3 is 12.2 Å². The van der Waals surface area contributed by atoms with Gasteiger partial charge in [-0.1, -0.05) is 92.8 Å². The second-order valence-electron chi connectivity index (χ2n) is 16.0. The predicted octanol–water partition coefficient (Wildman–Crippen LogP) is 8.50. The fraction of sp³-hybridized carbons (Fsp3) is 0.435. The summed E-state index contributed by atoms with van der Waals surface area (Å²) in [4.78, 5) is 53.9. The number of unbranched alkanes of at least 4 members (excludes halogenated alkanes) is 1. The third-order valence-corrected chi connectivity index (χ3v) is 10.6. The van der Waals surface area contributed by atoms with Crippen LogP contribution in [0.5, 0.6) is 0 Å². The van der Waals surface area contributed by atoms with Crippen LogP contribution in [0.3, 0.4) is 0 Å². The summed E-state index contributed by atoms with van der Waals surface area (Å²) in [6.45, 7) is 7.40. The van der Waals surface area contributed by atoms with Gasteiger partial charge in [-0.25, -0.2) is 9.59 Å². The molecule has 0 aliphatic heterocycles. The number of alkyl carbamates (subject to hydrolysis) is 2. The van der Waals surface area contributed by atoms with E-state index in [4.69, 9.17) is 9.47 Å². The molecular formula is C46H54N6O6. The largest absolute Gasteiger partial charge is 0.449 e. The molecule has 2 aliphatic rings. The van der Waals surface area contributed by atoms with Gasteiger partial charge in [0.15, 0.2) is 0 Å². The highest BCUT2D eigenvalue weighted by molar-refractivity contribution is 5.98. The second kappa shape index (κ2) is 20.3. The van der Waals surface area contributed by atoms with Crippen molar-refractivity contribution in [3.05, 3.63) is 95.1 Å².